The van der Waals surface area contributed by atoms with Gasteiger partial charge in [-0.3, -0.25) is 4.79 Å². The first-order valence-corrected chi connectivity index (χ1v) is 8.43. The lowest BCUT2D eigenvalue weighted by molar-refractivity contribution is 0.0949. The fourth-order valence-electron chi connectivity index (χ4n) is 1.86. The molecule has 1 atom stereocenters. The zero-order valence-corrected chi connectivity index (χ0v) is 13.3. The van der Waals surface area contributed by atoms with Gasteiger partial charge >= 0.3 is 0 Å². The van der Waals surface area contributed by atoms with Crippen LogP contribution in [0, 0.1) is 0 Å². The van der Waals surface area contributed by atoms with Crippen molar-refractivity contribution in [1.29, 1.82) is 0 Å². The number of benzene rings is 1. The molecule has 0 radical (unpaired) electrons. The molecular weight excluding hydrogens is 320 g/mol. The van der Waals surface area contributed by atoms with Gasteiger partial charge < -0.3 is 15.5 Å². The largest absolute Gasteiger partial charge is 0.446 e. The molecule has 0 aliphatic rings. The average Bonchev–Trinajstić information content (AvgIpc) is 2.97. The predicted octanol–water partition coefficient (Wildman–Crippen LogP) is 0.314. The number of oxazole rings is 1. The zero-order chi connectivity index (χ0) is 17.0. The third kappa shape index (κ3) is 4.62. The summed E-state index contributed by atoms with van der Waals surface area (Å²) in [5.41, 5.74) is 6.64. The van der Waals surface area contributed by atoms with Crippen LogP contribution in [-0.4, -0.2) is 25.9 Å². The molecule has 8 nitrogen and oxygen atoms in total. The smallest absolute Gasteiger partial charge is 0.273 e. The highest BCUT2D eigenvalue weighted by atomic mass is 32.2. The number of nitrogens with one attached hydrogen (secondary N) is 1. The first kappa shape index (κ1) is 17.1. The van der Waals surface area contributed by atoms with Crippen LogP contribution in [-0.2, 0) is 16.4 Å². The van der Waals surface area contributed by atoms with Gasteiger partial charge in [0.25, 0.3) is 5.91 Å². The molecule has 124 valence electrons. The highest BCUT2D eigenvalue weighted by molar-refractivity contribution is 7.89. The molecule has 0 aliphatic carbocycles. The second-order valence-electron chi connectivity index (χ2n) is 5.05. The number of carbonyl (C=O) groups excluding carboxylic acids is 1. The van der Waals surface area contributed by atoms with E-state index in [9.17, 15) is 13.2 Å². The lowest BCUT2D eigenvalue weighted by atomic mass is 10.1. The Kier molecular flexibility index (Phi) is 5.14. The Balaban J connectivity index is 1.88. The third-order valence-electron chi connectivity index (χ3n) is 3.10. The van der Waals surface area contributed by atoms with Gasteiger partial charge in [-0.05, 0) is 31.0 Å². The van der Waals surface area contributed by atoms with Gasteiger partial charge in [0.2, 0.25) is 15.9 Å². The van der Waals surface area contributed by atoms with Crippen molar-refractivity contribution >= 4 is 15.9 Å². The van der Waals surface area contributed by atoms with Crippen molar-refractivity contribution in [2.45, 2.75) is 24.3 Å². The van der Waals surface area contributed by atoms with E-state index in [2.05, 4.69) is 10.3 Å². The summed E-state index contributed by atoms with van der Waals surface area (Å²) in [6.45, 7) is 2.08. The zero-order valence-electron chi connectivity index (χ0n) is 12.5. The molecule has 23 heavy (non-hydrogen) atoms. The molecule has 1 amide bonds. The van der Waals surface area contributed by atoms with Crippen LogP contribution in [0.5, 0.6) is 0 Å². The first-order chi connectivity index (χ1) is 10.8. The minimum Gasteiger partial charge on any atom is -0.446 e. The molecule has 2 rings (SSSR count). The lowest BCUT2D eigenvalue weighted by Crippen LogP contribution is -2.26. The molecular formula is C14H18N4O4S. The summed E-state index contributed by atoms with van der Waals surface area (Å²) in [5, 5.41) is 7.72. The fraction of sp³-hybridized carbons (Fsp3) is 0.286. The molecule has 0 aliphatic heterocycles. The van der Waals surface area contributed by atoms with Gasteiger partial charge in [0.15, 0.2) is 5.69 Å². The molecule has 5 N–H and O–H groups in total. The molecule has 0 fully saturated rings. The van der Waals surface area contributed by atoms with E-state index in [1.54, 1.807) is 19.1 Å². The Morgan fingerprint density at radius 3 is 2.52 bits per heavy atom. The maximum atomic E-state index is 11.9. The summed E-state index contributed by atoms with van der Waals surface area (Å²) in [5.74, 6) is -0.0597. The minimum atomic E-state index is -3.69. The average molecular weight is 338 g/mol. The number of carbonyl (C=O) groups is 1. The number of aromatic nitrogens is 1. The summed E-state index contributed by atoms with van der Waals surface area (Å²) in [4.78, 5) is 15.9. The van der Waals surface area contributed by atoms with Crippen LogP contribution in [0.2, 0.25) is 0 Å². The van der Waals surface area contributed by atoms with Crippen molar-refractivity contribution in [2.75, 3.05) is 6.54 Å². The highest BCUT2D eigenvalue weighted by Gasteiger charge is 2.14. The monoisotopic (exact) mass is 338 g/mol. The topological polar surface area (TPSA) is 141 Å². The van der Waals surface area contributed by atoms with Crippen molar-refractivity contribution in [2.24, 2.45) is 10.9 Å². The van der Waals surface area contributed by atoms with Gasteiger partial charge in [-0.15, -0.1) is 0 Å². The van der Waals surface area contributed by atoms with Crippen LogP contribution in [0.1, 0.15) is 34.9 Å². The van der Waals surface area contributed by atoms with Crippen LogP contribution in [0.3, 0.4) is 0 Å². The summed E-state index contributed by atoms with van der Waals surface area (Å²) in [6.07, 6.45) is 1.80. The molecule has 0 bridgehead atoms. The molecule has 1 heterocycles. The number of hydrogen-bond acceptors (Lipinski definition) is 6. The van der Waals surface area contributed by atoms with Gasteiger partial charge in [0, 0.05) is 6.54 Å². The van der Waals surface area contributed by atoms with E-state index in [0.717, 1.165) is 5.56 Å². The number of sulfonamides is 1. The van der Waals surface area contributed by atoms with Crippen LogP contribution >= 0.6 is 0 Å². The lowest BCUT2D eigenvalue weighted by Gasteiger charge is -2.04. The van der Waals surface area contributed by atoms with Crippen LogP contribution < -0.4 is 16.2 Å². The molecule has 9 heteroatoms. The second kappa shape index (κ2) is 6.90. The number of hydrogen-bond donors (Lipinski definition) is 3. The van der Waals surface area contributed by atoms with E-state index in [4.69, 9.17) is 15.3 Å². The van der Waals surface area contributed by atoms with E-state index in [1.807, 2.05) is 0 Å². The normalized spacial score (nSPS) is 12.8. The Labute approximate surface area is 133 Å². The quantitative estimate of drug-likeness (QED) is 0.692. The summed E-state index contributed by atoms with van der Waals surface area (Å²) in [6, 6.07) is 5.78. The van der Waals surface area contributed by atoms with Gasteiger partial charge in [0.1, 0.15) is 6.26 Å². The molecule has 0 saturated carbocycles. The molecule has 0 saturated heterocycles. The SMILES string of the molecule is CC(N)c1nc(C(=O)NCCc2ccc(S(N)(=O)=O)cc2)co1. The first-order valence-electron chi connectivity index (χ1n) is 6.88. The Bertz CT molecular complexity index is 781. The fourth-order valence-corrected chi connectivity index (χ4v) is 2.37. The summed E-state index contributed by atoms with van der Waals surface area (Å²) < 4.78 is 27.4. The van der Waals surface area contributed by atoms with Crippen LogP contribution in [0.15, 0.2) is 39.8 Å². The number of primary sulfonamides is 1. The highest BCUT2D eigenvalue weighted by Crippen LogP contribution is 2.10. The number of nitrogens with two attached hydrogens (primary N) is 2. The van der Waals surface area contributed by atoms with Gasteiger partial charge in [0.05, 0.1) is 10.9 Å². The molecule has 0 spiro atoms. The van der Waals surface area contributed by atoms with E-state index in [0.29, 0.717) is 18.9 Å². The molecule has 1 aromatic heterocycles. The third-order valence-corrected chi connectivity index (χ3v) is 4.02. The van der Waals surface area contributed by atoms with Crippen molar-refractivity contribution in [3.8, 4) is 0 Å². The van der Waals surface area contributed by atoms with E-state index in [-0.39, 0.29) is 22.5 Å². The van der Waals surface area contributed by atoms with E-state index >= 15 is 0 Å². The Morgan fingerprint density at radius 1 is 1.35 bits per heavy atom. The summed E-state index contributed by atoms with van der Waals surface area (Å²) in [7, 11) is -3.69. The van der Waals surface area contributed by atoms with Gasteiger partial charge in [-0.25, -0.2) is 18.5 Å². The number of nitrogens with zero attached hydrogens (tertiary/aromatic N) is 1. The minimum absolute atomic E-state index is 0.0521. The molecule has 1 unspecified atom stereocenters. The summed E-state index contributed by atoms with van der Waals surface area (Å²) >= 11 is 0. The maximum Gasteiger partial charge on any atom is 0.273 e. The standard InChI is InChI=1S/C14H18N4O4S/c1-9(15)14-18-12(8-22-14)13(19)17-7-6-10-2-4-11(5-3-10)23(16,20)21/h2-5,8-9H,6-7,15H2,1H3,(H,17,19)(H2,16,20,21). The van der Waals surface area contributed by atoms with E-state index < -0.39 is 10.0 Å². The van der Waals surface area contributed by atoms with E-state index in [1.165, 1.54) is 18.4 Å². The molecule has 1 aromatic carbocycles. The van der Waals surface area contributed by atoms with Crippen LogP contribution in [0.25, 0.3) is 0 Å². The maximum absolute atomic E-state index is 11.9. The predicted molar refractivity (Wildman–Crippen MR) is 83.0 cm³/mol. The molecule has 2 aromatic rings. The Morgan fingerprint density at radius 2 is 2.00 bits per heavy atom. The number of rotatable bonds is 6. The van der Waals surface area contributed by atoms with Gasteiger partial charge in [-0.2, -0.15) is 0 Å². The number of amides is 1. The van der Waals surface area contributed by atoms with Crippen molar-refractivity contribution in [3.63, 3.8) is 0 Å². The van der Waals surface area contributed by atoms with Crippen molar-refractivity contribution in [3.05, 3.63) is 47.7 Å². The van der Waals surface area contributed by atoms with Crippen molar-refractivity contribution < 1.29 is 17.6 Å². The Hall–Kier alpha value is -2.23. The van der Waals surface area contributed by atoms with Gasteiger partial charge in [-0.1, -0.05) is 12.1 Å². The van der Waals surface area contributed by atoms with Crippen molar-refractivity contribution in [1.82, 2.24) is 10.3 Å². The second-order valence-corrected chi connectivity index (χ2v) is 6.62. The van der Waals surface area contributed by atoms with Crippen LogP contribution in [0.4, 0.5) is 0 Å².